The Kier molecular flexibility index (Phi) is 13.2. The van der Waals surface area contributed by atoms with Crippen LogP contribution in [-0.4, -0.2) is 115 Å². The van der Waals surface area contributed by atoms with Crippen molar-refractivity contribution < 1.29 is 53.9 Å². The van der Waals surface area contributed by atoms with Crippen molar-refractivity contribution in [3.8, 4) is 0 Å². The van der Waals surface area contributed by atoms with E-state index in [2.05, 4.69) is 9.47 Å². The molecule has 0 unspecified atom stereocenters. The maximum absolute atomic E-state index is 10.9. The van der Waals surface area contributed by atoms with Crippen LogP contribution in [0.3, 0.4) is 0 Å². The van der Waals surface area contributed by atoms with Gasteiger partial charge >= 0.3 is 89.3 Å². The van der Waals surface area contributed by atoms with Gasteiger partial charge < -0.3 is 29.9 Å². The van der Waals surface area contributed by atoms with Gasteiger partial charge in [-0.2, -0.15) is 0 Å². The number of aliphatic carboxylic acids is 1. The molecule has 4 N–H and O–H groups in total. The van der Waals surface area contributed by atoms with Crippen LogP contribution < -0.4 is 0 Å². The van der Waals surface area contributed by atoms with Gasteiger partial charge in [-0.3, -0.25) is 9.59 Å². The van der Waals surface area contributed by atoms with E-state index in [1.807, 2.05) is 0 Å². The molecule has 0 radical (unpaired) electrons. The number of hydrogen-bond acceptors (Lipinski definition) is 8. The quantitative estimate of drug-likeness (QED) is 0.242. The molecule has 0 fully saturated rings. The number of esters is 2. The molecule has 13 heteroatoms. The number of aliphatic hydroxyl groups is 1. The summed E-state index contributed by atoms with van der Waals surface area (Å²) in [5.41, 5.74) is -3.04. The Morgan fingerprint density at radius 3 is 1.24 bits per heavy atom. The van der Waals surface area contributed by atoms with Crippen molar-refractivity contribution in [3.05, 3.63) is 0 Å². The van der Waals surface area contributed by atoms with Gasteiger partial charge in [-0.1, -0.05) is 0 Å². The van der Waals surface area contributed by atoms with Gasteiger partial charge in [0.1, 0.15) is 0 Å². The molecule has 0 rings (SSSR count). The number of ether oxygens (including phenoxy) is 2. The SMILES string of the molecule is O=C(O)OC(=O)CC(O)(CC(=O)OC(=O)O)C(=O)O.[NaH].[NaH]. The van der Waals surface area contributed by atoms with E-state index in [4.69, 9.17) is 15.3 Å². The van der Waals surface area contributed by atoms with Crippen LogP contribution in [0.4, 0.5) is 9.59 Å². The molecule has 110 valence electrons. The average molecular weight is 328 g/mol. The molecule has 0 aromatic heterocycles. The van der Waals surface area contributed by atoms with E-state index < -0.39 is 48.7 Å². The van der Waals surface area contributed by atoms with E-state index in [-0.39, 0.29) is 59.1 Å². The fourth-order valence-electron chi connectivity index (χ4n) is 0.958. The summed E-state index contributed by atoms with van der Waals surface area (Å²) in [7, 11) is 0. The summed E-state index contributed by atoms with van der Waals surface area (Å²) in [6.07, 6.45) is -6.84. The summed E-state index contributed by atoms with van der Waals surface area (Å²) in [6.45, 7) is 0. The Balaban J connectivity index is -0.00000162. The van der Waals surface area contributed by atoms with E-state index in [1.165, 1.54) is 0 Å². The minimum absolute atomic E-state index is 0. The molecular formula is C8H10Na2O11. The second-order valence-corrected chi connectivity index (χ2v) is 3.17. The molecule has 0 atom stereocenters. The van der Waals surface area contributed by atoms with Crippen molar-refractivity contribution >= 4 is 89.3 Å². The van der Waals surface area contributed by atoms with Crippen LogP contribution in [0.5, 0.6) is 0 Å². The van der Waals surface area contributed by atoms with E-state index in [0.717, 1.165) is 0 Å². The van der Waals surface area contributed by atoms with Crippen molar-refractivity contribution in [2.24, 2.45) is 0 Å². The second-order valence-electron chi connectivity index (χ2n) is 3.17. The molecule has 11 nitrogen and oxygen atoms in total. The molecule has 0 aromatic carbocycles. The number of carboxylic acid groups (broad SMARTS) is 3. The number of rotatable bonds is 5. The van der Waals surface area contributed by atoms with Gasteiger partial charge in [0.25, 0.3) is 0 Å². The molecule has 0 aromatic rings. The molecule has 0 aliphatic rings. The molecule has 0 heterocycles. The standard InChI is InChI=1S/C8H8O11.2Na.2H/c9-3(18-6(13)14)1-8(17,5(11)12)2-4(10)19-7(15)16;;;;/h17H,1-2H2,(H,11,12)(H,13,14)(H,15,16);;;;. The van der Waals surface area contributed by atoms with Crippen molar-refractivity contribution in [1.29, 1.82) is 0 Å². The Morgan fingerprint density at radius 1 is 0.762 bits per heavy atom. The average Bonchev–Trinajstić information content (AvgIpc) is 2.12. The van der Waals surface area contributed by atoms with Gasteiger partial charge in [0, 0.05) is 0 Å². The predicted molar refractivity (Wildman–Crippen MR) is 64.4 cm³/mol. The first-order valence-corrected chi connectivity index (χ1v) is 4.40. The first-order valence-electron chi connectivity index (χ1n) is 4.40. The molecule has 0 amide bonds. The molecule has 0 saturated heterocycles. The first-order chi connectivity index (χ1) is 8.56. The normalized spacial score (nSPS) is 9.38. The summed E-state index contributed by atoms with van der Waals surface area (Å²) in [6, 6.07) is 0. The van der Waals surface area contributed by atoms with E-state index in [9.17, 15) is 29.1 Å². The van der Waals surface area contributed by atoms with Crippen LogP contribution in [0.2, 0.25) is 0 Å². The Morgan fingerprint density at radius 2 is 1.05 bits per heavy atom. The van der Waals surface area contributed by atoms with Crippen LogP contribution >= 0.6 is 0 Å². The zero-order chi connectivity index (χ0) is 15.2. The molecule has 0 aliphatic carbocycles. The van der Waals surface area contributed by atoms with Crippen molar-refractivity contribution in [2.75, 3.05) is 0 Å². The van der Waals surface area contributed by atoms with Crippen LogP contribution in [0.25, 0.3) is 0 Å². The van der Waals surface area contributed by atoms with Crippen molar-refractivity contribution in [2.45, 2.75) is 18.4 Å². The van der Waals surface area contributed by atoms with Crippen LogP contribution in [-0.2, 0) is 23.9 Å². The van der Waals surface area contributed by atoms with Gasteiger partial charge in [0.05, 0.1) is 12.8 Å². The zero-order valence-electron chi connectivity index (χ0n) is 9.06. The van der Waals surface area contributed by atoms with E-state index in [1.54, 1.807) is 0 Å². The van der Waals surface area contributed by atoms with E-state index in [0.29, 0.717) is 0 Å². The summed E-state index contributed by atoms with van der Waals surface area (Å²) >= 11 is 0. The number of carboxylic acids is 1. The topological polar surface area (TPSA) is 185 Å². The third-order valence-electron chi connectivity index (χ3n) is 1.67. The summed E-state index contributed by atoms with van der Waals surface area (Å²) in [5, 5.41) is 34.3. The fraction of sp³-hybridized carbons (Fsp3) is 0.375. The molecular weight excluding hydrogens is 318 g/mol. The molecule has 0 saturated carbocycles. The maximum atomic E-state index is 10.9. The van der Waals surface area contributed by atoms with Crippen LogP contribution in [0.1, 0.15) is 12.8 Å². The third kappa shape index (κ3) is 10.6. The Hall–Kier alpha value is -0.690. The van der Waals surface area contributed by atoms with E-state index >= 15 is 0 Å². The second kappa shape index (κ2) is 11.0. The van der Waals surface area contributed by atoms with Gasteiger partial charge in [-0.05, 0) is 0 Å². The van der Waals surface area contributed by atoms with Gasteiger partial charge in [0.15, 0.2) is 5.60 Å². The van der Waals surface area contributed by atoms with Crippen LogP contribution in [0.15, 0.2) is 0 Å². The van der Waals surface area contributed by atoms with Crippen molar-refractivity contribution in [1.82, 2.24) is 0 Å². The number of carbonyl (C=O) groups excluding carboxylic acids is 2. The monoisotopic (exact) mass is 328 g/mol. The Labute approximate surface area is 160 Å². The zero-order valence-corrected chi connectivity index (χ0v) is 9.06. The summed E-state index contributed by atoms with van der Waals surface area (Å²) < 4.78 is 7.09. The predicted octanol–water partition coefficient (Wildman–Crippen LogP) is -2.27. The Bertz CT molecular complexity index is 402. The molecule has 0 aliphatic heterocycles. The third-order valence-corrected chi connectivity index (χ3v) is 1.67. The van der Waals surface area contributed by atoms with Gasteiger partial charge in [0.2, 0.25) is 0 Å². The first kappa shape index (κ1) is 25.3. The van der Waals surface area contributed by atoms with Crippen LogP contribution in [0, 0.1) is 0 Å². The van der Waals surface area contributed by atoms with Crippen molar-refractivity contribution in [3.63, 3.8) is 0 Å². The minimum atomic E-state index is -3.04. The number of hydrogen-bond donors (Lipinski definition) is 4. The molecule has 21 heavy (non-hydrogen) atoms. The van der Waals surface area contributed by atoms with Gasteiger partial charge in [-0.25, -0.2) is 14.4 Å². The summed E-state index contributed by atoms with van der Waals surface area (Å²) in [4.78, 5) is 52.5. The number of carbonyl (C=O) groups is 5. The molecule has 0 spiro atoms. The summed E-state index contributed by atoms with van der Waals surface area (Å²) in [5.74, 6) is -5.33. The van der Waals surface area contributed by atoms with Gasteiger partial charge in [-0.15, -0.1) is 0 Å². The fourth-order valence-corrected chi connectivity index (χ4v) is 0.958. The molecule has 0 bridgehead atoms.